The van der Waals surface area contributed by atoms with E-state index in [1.807, 2.05) is 30.0 Å². The lowest BCUT2D eigenvalue weighted by Gasteiger charge is -2.22. The number of aliphatic hydroxyl groups excluding tert-OH is 1. The largest absolute Gasteiger partial charge is 0.395 e. The fourth-order valence-corrected chi connectivity index (χ4v) is 2.92. The van der Waals surface area contributed by atoms with Crippen LogP contribution >= 0.6 is 0 Å². The van der Waals surface area contributed by atoms with E-state index in [2.05, 4.69) is 36.5 Å². The molecular formula is C19H26N2O2. The van der Waals surface area contributed by atoms with Crippen LogP contribution in [0.5, 0.6) is 0 Å². The first-order valence-electron chi connectivity index (χ1n) is 8.26. The number of aliphatic hydroxyl groups is 1. The van der Waals surface area contributed by atoms with Gasteiger partial charge in [-0.05, 0) is 36.2 Å². The second-order valence-electron chi connectivity index (χ2n) is 5.86. The second kappa shape index (κ2) is 8.65. The molecule has 4 nitrogen and oxygen atoms in total. The van der Waals surface area contributed by atoms with E-state index < -0.39 is 0 Å². The minimum atomic E-state index is -0.0498. The normalized spacial score (nSPS) is 12.5. The quantitative estimate of drug-likeness (QED) is 0.788. The summed E-state index contributed by atoms with van der Waals surface area (Å²) in [5.74, 6) is -0.00710. The Morgan fingerprint density at radius 2 is 1.91 bits per heavy atom. The van der Waals surface area contributed by atoms with Crippen molar-refractivity contribution in [3.05, 3.63) is 48.0 Å². The first-order valence-corrected chi connectivity index (χ1v) is 8.26. The highest BCUT2D eigenvalue weighted by Crippen LogP contribution is 2.23. The monoisotopic (exact) mass is 314 g/mol. The van der Waals surface area contributed by atoms with Crippen LogP contribution in [-0.2, 0) is 4.79 Å². The topological polar surface area (TPSA) is 52.6 Å². The molecule has 0 radical (unpaired) electrons. The Kier molecular flexibility index (Phi) is 6.56. The number of nitrogens with one attached hydrogen (secondary N) is 1. The first-order chi connectivity index (χ1) is 11.2. The van der Waals surface area contributed by atoms with Crippen molar-refractivity contribution in [3.63, 3.8) is 0 Å². The summed E-state index contributed by atoms with van der Waals surface area (Å²) in [5.41, 5.74) is 1.13. The number of nitrogens with zero attached hydrogens (tertiary/aromatic N) is 1. The lowest BCUT2D eigenvalue weighted by Crippen LogP contribution is -2.39. The molecule has 0 aromatic heterocycles. The third-order valence-electron chi connectivity index (χ3n) is 3.99. The zero-order valence-corrected chi connectivity index (χ0v) is 14.0. The van der Waals surface area contributed by atoms with Crippen LogP contribution in [0, 0.1) is 0 Å². The highest BCUT2D eigenvalue weighted by molar-refractivity contribution is 5.87. The second-order valence-corrected chi connectivity index (χ2v) is 5.86. The van der Waals surface area contributed by atoms with Crippen molar-refractivity contribution in [2.24, 2.45) is 0 Å². The van der Waals surface area contributed by atoms with E-state index in [1.165, 1.54) is 10.8 Å². The maximum absolute atomic E-state index is 12.3. The average molecular weight is 314 g/mol. The molecule has 2 rings (SSSR count). The molecule has 2 N–H and O–H groups in total. The summed E-state index contributed by atoms with van der Waals surface area (Å²) in [6, 6.07) is 14.3. The molecular weight excluding hydrogens is 288 g/mol. The van der Waals surface area contributed by atoms with Crippen molar-refractivity contribution < 1.29 is 9.90 Å². The Bertz CT molecular complexity index is 631. The maximum Gasteiger partial charge on any atom is 0.234 e. The molecule has 0 aliphatic rings. The number of fused-ring (bicyclic) bond motifs is 1. The minimum absolute atomic E-state index is 0.00710. The molecule has 0 bridgehead atoms. The lowest BCUT2D eigenvalue weighted by molar-refractivity contribution is -0.123. The van der Waals surface area contributed by atoms with Gasteiger partial charge >= 0.3 is 0 Å². The van der Waals surface area contributed by atoms with Gasteiger partial charge < -0.3 is 10.4 Å². The smallest absolute Gasteiger partial charge is 0.234 e. The highest BCUT2D eigenvalue weighted by atomic mass is 16.3. The van der Waals surface area contributed by atoms with Gasteiger partial charge in [0, 0.05) is 6.54 Å². The Morgan fingerprint density at radius 3 is 2.65 bits per heavy atom. The van der Waals surface area contributed by atoms with Crippen LogP contribution in [0.1, 0.15) is 31.9 Å². The molecule has 0 saturated heterocycles. The molecule has 0 aliphatic carbocycles. The van der Waals surface area contributed by atoms with Crippen molar-refractivity contribution in [1.29, 1.82) is 0 Å². The van der Waals surface area contributed by atoms with Gasteiger partial charge in [0.1, 0.15) is 0 Å². The summed E-state index contributed by atoms with van der Waals surface area (Å²) in [5, 5.41) is 14.5. The zero-order chi connectivity index (χ0) is 16.7. The van der Waals surface area contributed by atoms with E-state index in [0.717, 1.165) is 18.5 Å². The molecule has 0 heterocycles. The third-order valence-corrected chi connectivity index (χ3v) is 3.99. The summed E-state index contributed by atoms with van der Waals surface area (Å²) in [4.78, 5) is 14.3. The van der Waals surface area contributed by atoms with Crippen molar-refractivity contribution in [3.8, 4) is 0 Å². The number of hydrogen-bond acceptors (Lipinski definition) is 3. The lowest BCUT2D eigenvalue weighted by atomic mass is 10.00. The molecule has 1 unspecified atom stereocenters. The first kappa shape index (κ1) is 17.4. The highest BCUT2D eigenvalue weighted by Gasteiger charge is 2.14. The Hall–Kier alpha value is -1.91. The van der Waals surface area contributed by atoms with Crippen LogP contribution in [-0.4, -0.2) is 42.2 Å². The summed E-state index contributed by atoms with van der Waals surface area (Å²) in [6.07, 6.45) is 0.964. The zero-order valence-electron chi connectivity index (χ0n) is 14.0. The van der Waals surface area contributed by atoms with E-state index in [9.17, 15) is 4.79 Å². The van der Waals surface area contributed by atoms with Crippen molar-refractivity contribution in [1.82, 2.24) is 10.2 Å². The van der Waals surface area contributed by atoms with Gasteiger partial charge in [0.2, 0.25) is 5.91 Å². The van der Waals surface area contributed by atoms with Gasteiger partial charge in [0.15, 0.2) is 0 Å². The van der Waals surface area contributed by atoms with Gasteiger partial charge in [-0.3, -0.25) is 9.69 Å². The van der Waals surface area contributed by atoms with E-state index in [1.54, 1.807) is 0 Å². The SMILES string of the molecule is CCCN(CCO)CC(=O)NC(C)c1cccc2ccccc12. The van der Waals surface area contributed by atoms with Crippen LogP contribution in [0.3, 0.4) is 0 Å². The standard InChI is InChI=1S/C19H26N2O2/c1-3-11-21(12-13-22)14-19(23)20-15(2)17-10-6-8-16-7-4-5-9-18(16)17/h4-10,15,22H,3,11-14H2,1-2H3,(H,20,23). The predicted molar refractivity (Wildman–Crippen MR) is 94.3 cm³/mol. The van der Waals surface area contributed by atoms with Gasteiger partial charge in [-0.25, -0.2) is 0 Å². The predicted octanol–water partition coefficient (Wildman–Crippen LogP) is 2.72. The van der Waals surface area contributed by atoms with Gasteiger partial charge in [0.05, 0.1) is 19.2 Å². The van der Waals surface area contributed by atoms with E-state index in [0.29, 0.717) is 13.1 Å². The molecule has 0 spiro atoms. The number of hydrogen-bond donors (Lipinski definition) is 2. The van der Waals surface area contributed by atoms with Crippen LogP contribution in [0.4, 0.5) is 0 Å². The van der Waals surface area contributed by atoms with Crippen LogP contribution < -0.4 is 5.32 Å². The van der Waals surface area contributed by atoms with E-state index in [4.69, 9.17) is 5.11 Å². The summed E-state index contributed by atoms with van der Waals surface area (Å²) in [6.45, 7) is 5.83. The average Bonchev–Trinajstić information content (AvgIpc) is 2.54. The van der Waals surface area contributed by atoms with Crippen LogP contribution in [0.25, 0.3) is 10.8 Å². The van der Waals surface area contributed by atoms with Crippen molar-refractivity contribution in [2.45, 2.75) is 26.3 Å². The molecule has 0 fully saturated rings. The molecule has 0 aliphatic heterocycles. The Labute approximate surface area is 138 Å². The van der Waals surface area contributed by atoms with Crippen molar-refractivity contribution in [2.75, 3.05) is 26.2 Å². The van der Waals surface area contributed by atoms with Gasteiger partial charge in [0.25, 0.3) is 0 Å². The molecule has 124 valence electrons. The minimum Gasteiger partial charge on any atom is -0.395 e. The molecule has 0 saturated carbocycles. The summed E-state index contributed by atoms with van der Waals surface area (Å²) >= 11 is 0. The van der Waals surface area contributed by atoms with Gasteiger partial charge in [-0.15, -0.1) is 0 Å². The molecule has 4 heteroatoms. The number of rotatable bonds is 8. The molecule has 2 aromatic carbocycles. The van der Waals surface area contributed by atoms with Crippen LogP contribution in [0.2, 0.25) is 0 Å². The number of benzene rings is 2. The summed E-state index contributed by atoms with van der Waals surface area (Å²) in [7, 11) is 0. The van der Waals surface area contributed by atoms with E-state index in [-0.39, 0.29) is 18.6 Å². The fraction of sp³-hybridized carbons (Fsp3) is 0.421. The Balaban J connectivity index is 2.05. The maximum atomic E-state index is 12.3. The fourth-order valence-electron chi connectivity index (χ4n) is 2.92. The molecule has 1 amide bonds. The van der Waals surface area contributed by atoms with E-state index >= 15 is 0 Å². The third kappa shape index (κ3) is 4.78. The number of carbonyl (C=O) groups excluding carboxylic acids is 1. The number of amides is 1. The van der Waals surface area contributed by atoms with Crippen LogP contribution in [0.15, 0.2) is 42.5 Å². The summed E-state index contributed by atoms with van der Waals surface area (Å²) < 4.78 is 0. The Morgan fingerprint density at radius 1 is 1.17 bits per heavy atom. The molecule has 1 atom stereocenters. The number of carbonyl (C=O) groups is 1. The van der Waals surface area contributed by atoms with Crippen molar-refractivity contribution >= 4 is 16.7 Å². The molecule has 23 heavy (non-hydrogen) atoms. The van der Waals surface area contributed by atoms with Gasteiger partial charge in [-0.2, -0.15) is 0 Å². The molecule has 2 aromatic rings. The van der Waals surface area contributed by atoms with Gasteiger partial charge in [-0.1, -0.05) is 49.4 Å².